The van der Waals surface area contributed by atoms with Crippen molar-refractivity contribution < 1.29 is 18.0 Å². The topological polar surface area (TPSA) is 66.0 Å². The van der Waals surface area contributed by atoms with E-state index < -0.39 is 11.7 Å². The maximum Gasteiger partial charge on any atom is 0.416 e. The molecule has 1 aliphatic carbocycles. The highest BCUT2D eigenvalue weighted by Gasteiger charge is 2.31. The van der Waals surface area contributed by atoms with E-state index >= 15 is 0 Å². The molecule has 1 saturated carbocycles. The summed E-state index contributed by atoms with van der Waals surface area (Å²) in [7, 11) is 0. The van der Waals surface area contributed by atoms with Crippen LogP contribution in [-0.4, -0.2) is 17.1 Å². The smallest absolute Gasteiger partial charge is 0.353 e. The van der Waals surface area contributed by atoms with Gasteiger partial charge in [0, 0.05) is 6.04 Å². The van der Waals surface area contributed by atoms with Crippen LogP contribution in [0.1, 0.15) is 18.4 Å². The molecule has 0 atom stereocenters. The molecule has 1 aromatic heterocycles. The van der Waals surface area contributed by atoms with Crippen LogP contribution in [0, 0.1) is 0 Å². The fraction of sp³-hybridized carbons (Fsp3) is 0.250. The second-order valence-corrected chi connectivity index (χ2v) is 6.03. The molecule has 1 fully saturated rings. The molecule has 2 amide bonds. The number of halogens is 4. The van der Waals surface area contributed by atoms with E-state index in [1.807, 2.05) is 0 Å². The third-order valence-electron chi connectivity index (χ3n) is 3.49. The van der Waals surface area contributed by atoms with Crippen LogP contribution < -0.4 is 16.0 Å². The average Bonchev–Trinajstić information content (AvgIpc) is 3.34. The molecule has 0 saturated heterocycles. The Morgan fingerprint density at radius 3 is 2.56 bits per heavy atom. The highest BCUT2D eigenvalue weighted by molar-refractivity contribution is 6.33. The monoisotopic (exact) mass is 370 g/mol. The standard InChI is InChI=1S/C16H14ClF3N4O/c17-12-5-1-9(16(18,19)20)7-13(12)22-11-4-6-14(21-8-11)24-15(25)23-10-2-3-10/h1,4-8,10,22H,2-3H2,(H2,21,23,24,25). The molecule has 3 N–H and O–H groups in total. The maximum atomic E-state index is 12.8. The Hall–Kier alpha value is -2.48. The molecule has 0 bridgehead atoms. The normalized spacial score (nSPS) is 14.1. The van der Waals surface area contributed by atoms with Crippen LogP contribution in [0.15, 0.2) is 36.5 Å². The van der Waals surface area contributed by atoms with Crippen molar-refractivity contribution in [3.8, 4) is 0 Å². The summed E-state index contributed by atoms with van der Waals surface area (Å²) in [5, 5.41) is 8.27. The van der Waals surface area contributed by atoms with Crippen molar-refractivity contribution in [2.75, 3.05) is 10.6 Å². The lowest BCUT2D eigenvalue weighted by Crippen LogP contribution is -2.30. The van der Waals surface area contributed by atoms with Crippen LogP contribution in [0.2, 0.25) is 5.02 Å². The average molecular weight is 371 g/mol. The van der Waals surface area contributed by atoms with Gasteiger partial charge < -0.3 is 10.6 Å². The fourth-order valence-corrected chi connectivity index (χ4v) is 2.22. The zero-order valence-corrected chi connectivity index (χ0v) is 13.6. The number of urea groups is 1. The summed E-state index contributed by atoms with van der Waals surface area (Å²) in [4.78, 5) is 15.7. The third kappa shape index (κ3) is 4.76. The van der Waals surface area contributed by atoms with Crippen molar-refractivity contribution in [3.05, 3.63) is 47.1 Å². The lowest BCUT2D eigenvalue weighted by Gasteiger charge is -2.12. The number of hydrogen-bond acceptors (Lipinski definition) is 3. The molecule has 0 radical (unpaired) electrons. The SMILES string of the molecule is O=C(Nc1ccc(Nc2cc(C(F)(F)F)ccc2Cl)cn1)NC1CC1. The summed E-state index contributed by atoms with van der Waals surface area (Å²) >= 11 is 5.94. The summed E-state index contributed by atoms with van der Waals surface area (Å²) in [6.45, 7) is 0. The van der Waals surface area contributed by atoms with Gasteiger partial charge in [0.25, 0.3) is 0 Å². The zero-order valence-electron chi connectivity index (χ0n) is 12.8. The zero-order chi connectivity index (χ0) is 18.0. The Labute approximate surface area is 146 Å². The molecule has 5 nitrogen and oxygen atoms in total. The number of hydrogen-bond donors (Lipinski definition) is 3. The van der Waals surface area contributed by atoms with Gasteiger partial charge in [-0.2, -0.15) is 13.2 Å². The molecular weight excluding hydrogens is 357 g/mol. The van der Waals surface area contributed by atoms with Gasteiger partial charge >= 0.3 is 12.2 Å². The van der Waals surface area contributed by atoms with Gasteiger partial charge in [0.2, 0.25) is 0 Å². The number of nitrogens with zero attached hydrogens (tertiary/aromatic N) is 1. The van der Waals surface area contributed by atoms with Crippen molar-refractivity contribution in [2.45, 2.75) is 25.1 Å². The fourth-order valence-electron chi connectivity index (χ4n) is 2.06. The van der Waals surface area contributed by atoms with Gasteiger partial charge in [-0.3, -0.25) is 5.32 Å². The molecule has 0 aliphatic heterocycles. The summed E-state index contributed by atoms with van der Waals surface area (Å²) in [5.41, 5.74) is -0.248. The molecule has 3 rings (SSSR count). The van der Waals surface area contributed by atoms with E-state index in [1.54, 1.807) is 6.07 Å². The molecule has 9 heteroatoms. The first-order valence-electron chi connectivity index (χ1n) is 7.48. The van der Waals surface area contributed by atoms with Gasteiger partial charge in [0.05, 0.1) is 28.2 Å². The van der Waals surface area contributed by atoms with Gasteiger partial charge in [-0.25, -0.2) is 9.78 Å². The Morgan fingerprint density at radius 2 is 1.96 bits per heavy atom. The van der Waals surface area contributed by atoms with Crippen molar-refractivity contribution in [3.63, 3.8) is 0 Å². The first-order chi connectivity index (χ1) is 11.8. The van der Waals surface area contributed by atoms with E-state index in [9.17, 15) is 18.0 Å². The number of pyridine rings is 1. The van der Waals surface area contributed by atoms with Crippen LogP contribution in [0.3, 0.4) is 0 Å². The van der Waals surface area contributed by atoms with E-state index in [2.05, 4.69) is 20.9 Å². The summed E-state index contributed by atoms with van der Waals surface area (Å²) in [6.07, 6.45) is -1.12. The number of alkyl halides is 3. The molecule has 1 aliphatic rings. The van der Waals surface area contributed by atoms with E-state index in [0.717, 1.165) is 25.0 Å². The second kappa shape index (κ2) is 6.79. The van der Waals surface area contributed by atoms with Crippen LogP contribution in [0.5, 0.6) is 0 Å². The van der Waals surface area contributed by atoms with E-state index in [4.69, 9.17) is 11.6 Å². The number of carbonyl (C=O) groups is 1. The highest BCUT2D eigenvalue weighted by atomic mass is 35.5. The minimum absolute atomic E-state index is 0.116. The third-order valence-corrected chi connectivity index (χ3v) is 3.82. The number of carbonyl (C=O) groups excluding carboxylic acids is 1. The molecule has 25 heavy (non-hydrogen) atoms. The molecule has 132 valence electrons. The highest BCUT2D eigenvalue weighted by Crippen LogP contribution is 2.34. The first kappa shape index (κ1) is 17.3. The molecular formula is C16H14ClF3N4O. The number of nitrogens with one attached hydrogen (secondary N) is 3. The van der Waals surface area contributed by atoms with Crippen LogP contribution in [-0.2, 0) is 6.18 Å². The maximum absolute atomic E-state index is 12.8. The summed E-state index contributed by atoms with van der Waals surface area (Å²) in [6, 6.07) is 6.03. The lowest BCUT2D eigenvalue weighted by molar-refractivity contribution is -0.137. The lowest BCUT2D eigenvalue weighted by atomic mass is 10.2. The molecule has 1 heterocycles. The van der Waals surface area contributed by atoms with E-state index in [1.165, 1.54) is 18.3 Å². The van der Waals surface area contributed by atoms with E-state index in [0.29, 0.717) is 11.5 Å². The van der Waals surface area contributed by atoms with Crippen molar-refractivity contribution in [2.24, 2.45) is 0 Å². The predicted molar refractivity (Wildman–Crippen MR) is 89.2 cm³/mol. The Morgan fingerprint density at radius 1 is 1.20 bits per heavy atom. The molecule has 0 unspecified atom stereocenters. The van der Waals surface area contributed by atoms with Gasteiger partial charge in [-0.15, -0.1) is 0 Å². The minimum atomic E-state index is -4.46. The molecule has 2 aromatic rings. The number of benzene rings is 1. The largest absolute Gasteiger partial charge is 0.416 e. The van der Waals surface area contributed by atoms with Crippen LogP contribution in [0.4, 0.5) is 35.2 Å². The number of aromatic nitrogens is 1. The quantitative estimate of drug-likeness (QED) is 0.725. The van der Waals surface area contributed by atoms with Crippen molar-refractivity contribution in [1.29, 1.82) is 0 Å². The number of rotatable bonds is 4. The second-order valence-electron chi connectivity index (χ2n) is 5.62. The molecule has 0 spiro atoms. The Balaban J connectivity index is 1.67. The van der Waals surface area contributed by atoms with Crippen molar-refractivity contribution in [1.82, 2.24) is 10.3 Å². The van der Waals surface area contributed by atoms with Crippen LogP contribution in [0.25, 0.3) is 0 Å². The van der Waals surface area contributed by atoms with Crippen LogP contribution >= 0.6 is 11.6 Å². The predicted octanol–water partition coefficient (Wildman–Crippen LogP) is 4.78. The number of anilines is 3. The summed E-state index contributed by atoms with van der Waals surface area (Å²) < 4.78 is 38.3. The number of amides is 2. The Kier molecular flexibility index (Phi) is 4.71. The van der Waals surface area contributed by atoms with Gasteiger partial charge in [-0.05, 0) is 43.2 Å². The first-order valence-corrected chi connectivity index (χ1v) is 7.86. The van der Waals surface area contributed by atoms with E-state index in [-0.39, 0.29) is 22.8 Å². The minimum Gasteiger partial charge on any atom is -0.353 e. The van der Waals surface area contributed by atoms with Gasteiger partial charge in [-0.1, -0.05) is 11.6 Å². The summed E-state index contributed by atoms with van der Waals surface area (Å²) in [5.74, 6) is 0.332. The van der Waals surface area contributed by atoms with Gasteiger partial charge in [0.1, 0.15) is 5.82 Å². The Bertz CT molecular complexity index is 776. The van der Waals surface area contributed by atoms with Crippen molar-refractivity contribution >= 4 is 34.8 Å². The molecule has 1 aromatic carbocycles. The van der Waals surface area contributed by atoms with Gasteiger partial charge in [0.15, 0.2) is 0 Å².